The van der Waals surface area contributed by atoms with Crippen LogP contribution in [0.4, 0.5) is 13.2 Å². The van der Waals surface area contributed by atoms with Gasteiger partial charge in [0.05, 0.1) is 22.8 Å². The summed E-state index contributed by atoms with van der Waals surface area (Å²) in [7, 11) is -3.53. The highest BCUT2D eigenvalue weighted by atomic mass is 32.2. The van der Waals surface area contributed by atoms with Crippen molar-refractivity contribution in [1.82, 2.24) is 15.5 Å². The van der Waals surface area contributed by atoms with Crippen LogP contribution in [0.1, 0.15) is 54.4 Å². The Kier molecular flexibility index (Phi) is 9.32. The zero-order valence-electron chi connectivity index (χ0n) is 21.6. The van der Waals surface area contributed by atoms with Gasteiger partial charge in [-0.15, -0.1) is 0 Å². The molecule has 212 valence electrons. The van der Waals surface area contributed by atoms with E-state index in [9.17, 15) is 31.2 Å². The van der Waals surface area contributed by atoms with E-state index in [0.717, 1.165) is 50.6 Å². The van der Waals surface area contributed by atoms with E-state index >= 15 is 0 Å². The van der Waals surface area contributed by atoms with Gasteiger partial charge >= 0.3 is 6.18 Å². The summed E-state index contributed by atoms with van der Waals surface area (Å²) in [6.07, 6.45) is 0.667. The number of likely N-dealkylation sites (tertiary alicyclic amines) is 1. The van der Waals surface area contributed by atoms with Crippen LogP contribution in [0.2, 0.25) is 0 Å². The number of carbonyl (C=O) groups excluding carboxylic acids is 2. The number of carbonyl (C=O) groups is 2. The molecule has 39 heavy (non-hydrogen) atoms. The zero-order valence-corrected chi connectivity index (χ0v) is 22.4. The van der Waals surface area contributed by atoms with Crippen LogP contribution in [0.15, 0.2) is 59.5 Å². The first-order chi connectivity index (χ1) is 18.5. The molecule has 1 saturated carbocycles. The molecule has 1 aliphatic heterocycles. The standard InChI is InChI=1S/C28H34F3N3O4S/c29-28(30,31)22-9-7-8-20(16-22)27(36)32-18-26(35)33-23-12-13-25(34-14-5-2-6-15-34)21(17-23)19-39(37,38)24-10-3-1-4-11-24/h1,3-4,7-11,16,21,23,25H,2,5-6,12-15,17-19H2,(H,32,36)(H,33,35)/t21-,23+,25-/m0/s1. The van der Waals surface area contributed by atoms with Crippen molar-refractivity contribution in [2.75, 3.05) is 25.4 Å². The number of nitrogens with one attached hydrogen (secondary N) is 2. The van der Waals surface area contributed by atoms with Gasteiger partial charge in [0.25, 0.3) is 5.91 Å². The van der Waals surface area contributed by atoms with E-state index in [-0.39, 0.29) is 34.2 Å². The number of alkyl halides is 3. The molecule has 2 N–H and O–H groups in total. The second-order valence-electron chi connectivity index (χ2n) is 10.4. The van der Waals surface area contributed by atoms with Gasteiger partial charge in [0.2, 0.25) is 5.91 Å². The fourth-order valence-corrected chi connectivity index (χ4v) is 7.36. The lowest BCUT2D eigenvalue weighted by atomic mass is 9.81. The Balaban J connectivity index is 1.37. The molecule has 0 spiro atoms. The van der Waals surface area contributed by atoms with Gasteiger partial charge in [-0.25, -0.2) is 8.42 Å². The summed E-state index contributed by atoms with van der Waals surface area (Å²) in [5, 5.41) is 5.27. The average Bonchev–Trinajstić information content (AvgIpc) is 2.92. The summed E-state index contributed by atoms with van der Waals surface area (Å²) in [5.74, 6) is -1.44. The minimum absolute atomic E-state index is 0.0170. The van der Waals surface area contributed by atoms with Crippen molar-refractivity contribution in [2.45, 2.75) is 61.7 Å². The molecule has 2 fully saturated rings. The molecular formula is C28H34F3N3O4S. The Morgan fingerprint density at radius 2 is 1.67 bits per heavy atom. The number of sulfone groups is 1. The molecule has 0 aromatic heterocycles. The third kappa shape index (κ3) is 7.82. The first-order valence-corrected chi connectivity index (χ1v) is 14.9. The average molecular weight is 566 g/mol. The Bertz CT molecular complexity index is 1250. The highest BCUT2D eigenvalue weighted by Gasteiger charge is 2.38. The van der Waals surface area contributed by atoms with Crippen molar-refractivity contribution in [3.8, 4) is 0 Å². The minimum atomic E-state index is -4.58. The van der Waals surface area contributed by atoms with Gasteiger partial charge < -0.3 is 15.5 Å². The molecule has 1 heterocycles. The van der Waals surface area contributed by atoms with Crippen molar-refractivity contribution < 1.29 is 31.2 Å². The fourth-order valence-electron chi connectivity index (χ4n) is 5.67. The summed E-state index contributed by atoms with van der Waals surface area (Å²) < 4.78 is 65.3. The van der Waals surface area contributed by atoms with E-state index in [1.807, 2.05) is 0 Å². The maximum atomic E-state index is 13.2. The van der Waals surface area contributed by atoms with Gasteiger partial charge in [-0.2, -0.15) is 13.2 Å². The second-order valence-corrected chi connectivity index (χ2v) is 12.4. The van der Waals surface area contributed by atoms with Gasteiger partial charge in [0, 0.05) is 17.6 Å². The Labute approximate surface area is 227 Å². The van der Waals surface area contributed by atoms with Crippen LogP contribution in [-0.2, 0) is 20.8 Å². The lowest BCUT2D eigenvalue weighted by molar-refractivity contribution is -0.137. The molecule has 2 aliphatic rings. The normalized spacial score (nSPS) is 22.7. The molecule has 2 amide bonds. The number of benzene rings is 2. The smallest absolute Gasteiger partial charge is 0.352 e. The van der Waals surface area contributed by atoms with Gasteiger partial charge in [-0.3, -0.25) is 9.59 Å². The third-order valence-corrected chi connectivity index (χ3v) is 9.42. The monoisotopic (exact) mass is 565 g/mol. The van der Waals surface area contributed by atoms with E-state index in [1.54, 1.807) is 30.3 Å². The van der Waals surface area contributed by atoms with E-state index in [0.29, 0.717) is 12.8 Å². The first kappa shape index (κ1) is 29.1. The predicted molar refractivity (Wildman–Crippen MR) is 141 cm³/mol. The first-order valence-electron chi connectivity index (χ1n) is 13.3. The van der Waals surface area contributed by atoms with Gasteiger partial charge in [-0.05, 0) is 81.4 Å². The molecule has 11 heteroatoms. The van der Waals surface area contributed by atoms with Crippen LogP contribution in [0, 0.1) is 5.92 Å². The second kappa shape index (κ2) is 12.5. The Morgan fingerprint density at radius 1 is 0.949 bits per heavy atom. The summed E-state index contributed by atoms with van der Waals surface area (Å²) in [6, 6.07) is 12.2. The molecule has 0 bridgehead atoms. The molecule has 2 aromatic carbocycles. The summed E-state index contributed by atoms with van der Waals surface area (Å²) in [4.78, 5) is 27.7. The summed E-state index contributed by atoms with van der Waals surface area (Å²) in [5.41, 5.74) is -1.13. The van der Waals surface area contributed by atoms with E-state index < -0.39 is 39.9 Å². The van der Waals surface area contributed by atoms with Crippen molar-refractivity contribution >= 4 is 21.7 Å². The van der Waals surface area contributed by atoms with Crippen LogP contribution in [-0.4, -0.2) is 62.6 Å². The number of hydrogen-bond donors (Lipinski definition) is 2. The van der Waals surface area contributed by atoms with Crippen LogP contribution in [0.25, 0.3) is 0 Å². The van der Waals surface area contributed by atoms with Gasteiger partial charge in [-0.1, -0.05) is 30.7 Å². The molecule has 2 aromatic rings. The van der Waals surface area contributed by atoms with Crippen LogP contribution < -0.4 is 10.6 Å². The number of nitrogens with zero attached hydrogens (tertiary/aromatic N) is 1. The molecule has 4 rings (SSSR count). The molecule has 7 nitrogen and oxygen atoms in total. The zero-order chi connectivity index (χ0) is 28.0. The SMILES string of the molecule is O=C(CNC(=O)c1cccc(C(F)(F)F)c1)N[C@@H]1CC[C@H](N2CCCCC2)[C@H](CS(=O)(=O)c2ccccc2)C1. The topological polar surface area (TPSA) is 95.6 Å². The maximum absolute atomic E-state index is 13.2. The molecular weight excluding hydrogens is 531 g/mol. The predicted octanol–water partition coefficient (Wildman–Crippen LogP) is 4.05. The number of rotatable bonds is 8. The number of hydrogen-bond acceptors (Lipinski definition) is 5. The third-order valence-electron chi connectivity index (χ3n) is 7.56. The highest BCUT2D eigenvalue weighted by Crippen LogP contribution is 2.33. The van der Waals surface area contributed by atoms with Crippen molar-refractivity contribution in [1.29, 1.82) is 0 Å². The largest absolute Gasteiger partial charge is 0.416 e. The summed E-state index contributed by atoms with van der Waals surface area (Å²) in [6.45, 7) is 1.48. The quantitative estimate of drug-likeness (QED) is 0.504. The Morgan fingerprint density at radius 3 is 2.36 bits per heavy atom. The van der Waals surface area contributed by atoms with Crippen molar-refractivity contribution in [3.63, 3.8) is 0 Å². The molecule has 0 radical (unpaired) electrons. The molecule has 0 unspecified atom stereocenters. The van der Waals surface area contributed by atoms with Gasteiger partial charge in [0.15, 0.2) is 9.84 Å². The maximum Gasteiger partial charge on any atom is 0.416 e. The highest BCUT2D eigenvalue weighted by molar-refractivity contribution is 7.91. The molecule has 1 saturated heterocycles. The lowest BCUT2D eigenvalue weighted by Crippen LogP contribution is -2.52. The van der Waals surface area contributed by atoms with Gasteiger partial charge in [0.1, 0.15) is 0 Å². The lowest BCUT2D eigenvalue weighted by Gasteiger charge is -2.44. The molecule has 3 atom stereocenters. The number of piperidine rings is 1. The van der Waals surface area contributed by atoms with Crippen molar-refractivity contribution in [2.24, 2.45) is 5.92 Å². The summed E-state index contributed by atoms with van der Waals surface area (Å²) >= 11 is 0. The van der Waals surface area contributed by atoms with E-state index in [2.05, 4.69) is 15.5 Å². The Hall–Kier alpha value is -2.92. The number of halogens is 3. The number of amides is 2. The van der Waals surface area contributed by atoms with Crippen LogP contribution in [0.3, 0.4) is 0 Å². The van der Waals surface area contributed by atoms with Crippen LogP contribution in [0.5, 0.6) is 0 Å². The van der Waals surface area contributed by atoms with Crippen molar-refractivity contribution in [3.05, 3.63) is 65.7 Å². The van der Waals surface area contributed by atoms with Crippen LogP contribution >= 0.6 is 0 Å². The van der Waals surface area contributed by atoms with E-state index in [1.165, 1.54) is 12.5 Å². The minimum Gasteiger partial charge on any atom is -0.352 e. The van der Waals surface area contributed by atoms with E-state index in [4.69, 9.17) is 0 Å². The molecule has 1 aliphatic carbocycles. The fraction of sp³-hybridized carbons (Fsp3) is 0.500.